The number of hydrogen-bond acceptors (Lipinski definition) is 6. The zero-order valence-corrected chi connectivity index (χ0v) is 20.2. The van der Waals surface area contributed by atoms with Gasteiger partial charge in [-0.3, -0.25) is 0 Å². The molecule has 0 radical (unpaired) electrons. The van der Waals surface area contributed by atoms with Crippen LogP contribution in [-0.4, -0.2) is 8.75 Å². The largest absolute Gasteiger partial charge is 0.172 e. The maximum atomic E-state index is 4.69. The Hall–Kier alpha value is -1.86. The second-order valence-electron chi connectivity index (χ2n) is 7.46. The lowest BCUT2D eigenvalue weighted by Gasteiger charge is -2.03. The van der Waals surface area contributed by atoms with Gasteiger partial charge in [0.05, 0.1) is 11.7 Å². The van der Waals surface area contributed by atoms with Gasteiger partial charge in [-0.05, 0) is 69.5 Å². The first-order valence-corrected chi connectivity index (χ1v) is 12.6. The fourth-order valence-electron chi connectivity index (χ4n) is 3.68. The molecular weight excluding hydrogens is 433 g/mol. The molecule has 0 N–H and O–H groups in total. The molecule has 4 aromatic heterocycles. The maximum Gasteiger partial charge on any atom is 0.114 e. The minimum atomic E-state index is 1.02. The van der Waals surface area contributed by atoms with Gasteiger partial charge in [0.15, 0.2) is 0 Å². The van der Waals surface area contributed by atoms with Gasteiger partial charge in [0.25, 0.3) is 0 Å². The van der Waals surface area contributed by atoms with Gasteiger partial charge in [0.1, 0.15) is 11.0 Å². The first-order valence-electron chi connectivity index (χ1n) is 9.43. The lowest BCUT2D eigenvalue weighted by molar-refractivity contribution is 1.44. The molecule has 1 aromatic carbocycles. The van der Waals surface area contributed by atoms with Crippen LogP contribution in [0.4, 0.5) is 0 Å². The minimum absolute atomic E-state index is 1.02. The molecule has 0 saturated heterocycles. The van der Waals surface area contributed by atoms with Gasteiger partial charge in [-0.1, -0.05) is 12.1 Å². The normalized spacial score (nSPS) is 11.6. The summed E-state index contributed by atoms with van der Waals surface area (Å²) in [6, 6.07) is 11.3. The fourth-order valence-corrected chi connectivity index (χ4v) is 7.80. The van der Waals surface area contributed by atoms with Gasteiger partial charge in [-0.15, -0.1) is 34.0 Å². The van der Waals surface area contributed by atoms with E-state index in [1.165, 1.54) is 68.8 Å². The average Bonchev–Trinajstić information content (AvgIpc) is 3.43. The number of fused-ring (bicyclic) bond motifs is 1. The standard InChI is InChI=1S/C23H20N2S4/c1-11-9-18(27-15(11)5)16-6-7-17(21-20(16)24-29-25-21)19-10-13(3)23(28-19)22-12(2)8-14(4)26-22/h6-10H,1-5H3. The van der Waals surface area contributed by atoms with Crippen LogP contribution in [0.25, 0.3) is 41.7 Å². The topological polar surface area (TPSA) is 25.8 Å². The van der Waals surface area contributed by atoms with Gasteiger partial charge in [-0.2, -0.15) is 8.75 Å². The number of aromatic nitrogens is 2. The van der Waals surface area contributed by atoms with Crippen LogP contribution in [0.3, 0.4) is 0 Å². The van der Waals surface area contributed by atoms with Gasteiger partial charge in [0, 0.05) is 40.4 Å². The zero-order valence-electron chi connectivity index (χ0n) is 16.9. The Balaban J connectivity index is 1.66. The van der Waals surface area contributed by atoms with E-state index in [0.29, 0.717) is 0 Å². The van der Waals surface area contributed by atoms with Crippen molar-refractivity contribution in [3.05, 3.63) is 56.8 Å². The predicted octanol–water partition coefficient (Wildman–Crippen LogP) is 8.42. The smallest absolute Gasteiger partial charge is 0.114 e. The van der Waals surface area contributed by atoms with E-state index in [4.69, 9.17) is 0 Å². The van der Waals surface area contributed by atoms with Crippen LogP contribution < -0.4 is 0 Å². The summed E-state index contributed by atoms with van der Waals surface area (Å²) in [4.78, 5) is 8.04. The van der Waals surface area contributed by atoms with E-state index >= 15 is 0 Å². The molecule has 0 aliphatic rings. The van der Waals surface area contributed by atoms with Crippen LogP contribution in [0.5, 0.6) is 0 Å². The summed E-state index contributed by atoms with van der Waals surface area (Å²) in [5.41, 5.74) is 8.45. The van der Waals surface area contributed by atoms with E-state index in [0.717, 1.165) is 11.0 Å². The number of benzene rings is 1. The Morgan fingerprint density at radius 1 is 0.621 bits per heavy atom. The van der Waals surface area contributed by atoms with Gasteiger partial charge in [0.2, 0.25) is 0 Å². The molecule has 0 unspecified atom stereocenters. The molecule has 0 spiro atoms. The first-order chi connectivity index (χ1) is 13.9. The molecule has 2 nitrogen and oxygen atoms in total. The summed E-state index contributed by atoms with van der Waals surface area (Å²) >= 11 is 6.90. The van der Waals surface area contributed by atoms with Crippen LogP contribution in [0.2, 0.25) is 0 Å². The highest BCUT2D eigenvalue weighted by molar-refractivity contribution is 7.24. The van der Waals surface area contributed by atoms with Crippen molar-refractivity contribution in [2.75, 3.05) is 0 Å². The van der Waals surface area contributed by atoms with E-state index in [1.54, 1.807) is 0 Å². The molecule has 5 aromatic rings. The van der Waals surface area contributed by atoms with Crippen molar-refractivity contribution in [3.63, 3.8) is 0 Å². The third kappa shape index (κ3) is 3.19. The number of rotatable bonds is 3. The summed E-state index contributed by atoms with van der Waals surface area (Å²) < 4.78 is 9.36. The SMILES string of the molecule is Cc1cc(C)c(-c2sc(-c3ccc(-c4cc(C)c(C)s4)c4nsnc34)cc2C)s1. The molecule has 0 saturated carbocycles. The second kappa shape index (κ2) is 7.13. The number of thiophene rings is 3. The minimum Gasteiger partial charge on any atom is -0.172 e. The Morgan fingerprint density at radius 2 is 1.17 bits per heavy atom. The van der Waals surface area contributed by atoms with E-state index in [2.05, 4.69) is 73.7 Å². The number of nitrogens with zero attached hydrogens (tertiary/aromatic N) is 2. The van der Waals surface area contributed by atoms with Crippen LogP contribution in [0, 0.1) is 34.6 Å². The van der Waals surface area contributed by atoms with Crippen LogP contribution in [-0.2, 0) is 0 Å². The summed E-state index contributed by atoms with van der Waals surface area (Å²) in [6.45, 7) is 11.0. The average molecular weight is 453 g/mol. The summed E-state index contributed by atoms with van der Waals surface area (Å²) in [6.07, 6.45) is 0. The molecule has 6 heteroatoms. The van der Waals surface area contributed by atoms with E-state index < -0.39 is 0 Å². The lowest BCUT2D eigenvalue weighted by atomic mass is 10.0. The molecule has 0 fully saturated rings. The van der Waals surface area contributed by atoms with Crippen molar-refractivity contribution in [3.8, 4) is 30.6 Å². The molecule has 0 aliphatic heterocycles. The van der Waals surface area contributed by atoms with E-state index in [-0.39, 0.29) is 0 Å². The number of hydrogen-bond donors (Lipinski definition) is 0. The molecule has 146 valence electrons. The van der Waals surface area contributed by atoms with Crippen molar-refractivity contribution in [2.45, 2.75) is 34.6 Å². The van der Waals surface area contributed by atoms with Crippen molar-refractivity contribution in [1.82, 2.24) is 8.75 Å². The third-order valence-electron chi connectivity index (χ3n) is 5.28. The second-order valence-corrected chi connectivity index (χ2v) is 11.6. The third-order valence-corrected chi connectivity index (χ3v) is 9.58. The quantitative estimate of drug-likeness (QED) is 0.274. The van der Waals surface area contributed by atoms with Gasteiger partial charge >= 0.3 is 0 Å². The molecule has 0 atom stereocenters. The van der Waals surface area contributed by atoms with Gasteiger partial charge in [-0.25, -0.2) is 0 Å². The molecule has 4 heterocycles. The van der Waals surface area contributed by atoms with Crippen molar-refractivity contribution >= 4 is 56.8 Å². The highest BCUT2D eigenvalue weighted by atomic mass is 32.1. The Kier molecular flexibility index (Phi) is 4.70. The monoisotopic (exact) mass is 452 g/mol. The molecular formula is C23H20N2S4. The van der Waals surface area contributed by atoms with Crippen molar-refractivity contribution in [1.29, 1.82) is 0 Å². The van der Waals surface area contributed by atoms with E-state index in [1.807, 2.05) is 34.0 Å². The summed E-state index contributed by atoms with van der Waals surface area (Å²) in [5, 5.41) is 0. The molecule has 0 aliphatic carbocycles. The van der Waals surface area contributed by atoms with Gasteiger partial charge < -0.3 is 0 Å². The first kappa shape index (κ1) is 19.1. The molecule has 5 rings (SSSR count). The summed E-state index contributed by atoms with van der Waals surface area (Å²) in [5.74, 6) is 0. The Morgan fingerprint density at radius 3 is 1.72 bits per heavy atom. The highest BCUT2D eigenvalue weighted by Gasteiger charge is 2.19. The Labute approximate surface area is 186 Å². The van der Waals surface area contributed by atoms with Crippen LogP contribution >= 0.6 is 45.7 Å². The lowest BCUT2D eigenvalue weighted by Crippen LogP contribution is -1.82. The summed E-state index contributed by atoms with van der Waals surface area (Å²) in [7, 11) is 0. The van der Waals surface area contributed by atoms with Crippen molar-refractivity contribution < 1.29 is 0 Å². The zero-order chi connectivity index (χ0) is 20.3. The van der Waals surface area contributed by atoms with E-state index in [9.17, 15) is 0 Å². The molecule has 0 amide bonds. The van der Waals surface area contributed by atoms with Crippen LogP contribution in [0.15, 0.2) is 30.3 Å². The highest BCUT2D eigenvalue weighted by Crippen LogP contribution is 2.45. The van der Waals surface area contributed by atoms with Crippen molar-refractivity contribution in [2.24, 2.45) is 0 Å². The number of aryl methyl sites for hydroxylation is 5. The molecule has 29 heavy (non-hydrogen) atoms. The molecule has 0 bridgehead atoms. The Bertz CT molecular complexity index is 1340. The maximum absolute atomic E-state index is 4.69. The predicted molar refractivity (Wildman–Crippen MR) is 131 cm³/mol. The fraction of sp³-hybridized carbons (Fsp3) is 0.217. The van der Waals surface area contributed by atoms with Crippen LogP contribution in [0.1, 0.15) is 26.4 Å².